The van der Waals surface area contributed by atoms with E-state index in [4.69, 9.17) is 0 Å². The summed E-state index contributed by atoms with van der Waals surface area (Å²) in [4.78, 5) is 11.2. The predicted molar refractivity (Wildman–Crippen MR) is 68.3 cm³/mol. The van der Waals surface area contributed by atoms with Gasteiger partial charge in [-0.15, -0.1) is 0 Å². The molecule has 0 aromatic rings. The number of carbonyl (C=O) groups excluding carboxylic acids is 1. The molecule has 0 heterocycles. The maximum absolute atomic E-state index is 11.2. The Morgan fingerprint density at radius 2 is 1.71 bits per heavy atom. The van der Waals surface area contributed by atoms with Crippen molar-refractivity contribution in [3.63, 3.8) is 0 Å². The van der Waals surface area contributed by atoms with E-state index in [2.05, 4.69) is 29.2 Å². The normalized spacial score (nSPS) is 11.5. The van der Waals surface area contributed by atoms with Crippen LogP contribution in [0.5, 0.6) is 0 Å². The Hall–Kier alpha value is -0.820. The summed E-state index contributed by atoms with van der Waals surface area (Å²) in [6.07, 6.45) is 3.11. The summed E-state index contributed by atoms with van der Waals surface area (Å²) in [6, 6.07) is -0.260. The van der Waals surface area contributed by atoms with Gasteiger partial charge in [0, 0.05) is 19.6 Å². The first-order valence-electron chi connectivity index (χ1n) is 5.77. The summed E-state index contributed by atoms with van der Waals surface area (Å²) in [5.41, 5.74) is 0. The van der Waals surface area contributed by atoms with Crippen LogP contribution in [-0.4, -0.2) is 40.3 Å². The molecule has 0 saturated carbocycles. The van der Waals surface area contributed by atoms with Crippen LogP contribution in [0.4, 0.5) is 4.79 Å². The maximum atomic E-state index is 11.2. The van der Waals surface area contributed by atoms with Gasteiger partial charge in [0.15, 0.2) is 0 Å². The molecule has 7 heteroatoms. The van der Waals surface area contributed by atoms with Gasteiger partial charge in [0.1, 0.15) is 0 Å². The van der Waals surface area contributed by atoms with Crippen molar-refractivity contribution in [3.8, 4) is 0 Å². The first-order valence-corrected chi connectivity index (χ1v) is 7.66. The van der Waals surface area contributed by atoms with Crippen LogP contribution in [0.3, 0.4) is 0 Å². The highest BCUT2D eigenvalue weighted by Crippen LogP contribution is 2.01. The molecule has 0 fully saturated rings. The lowest BCUT2D eigenvalue weighted by Gasteiger charge is -2.08. The highest BCUT2D eigenvalue weighted by molar-refractivity contribution is 7.88. The molecule has 2 amide bonds. The van der Waals surface area contributed by atoms with Crippen molar-refractivity contribution >= 4 is 16.1 Å². The molecule has 0 aliphatic heterocycles. The smallest absolute Gasteiger partial charge is 0.314 e. The largest absolute Gasteiger partial charge is 0.338 e. The number of rotatable bonds is 8. The monoisotopic (exact) mass is 265 g/mol. The Bertz CT molecular complexity index is 315. The van der Waals surface area contributed by atoms with Crippen LogP contribution >= 0.6 is 0 Å². The minimum atomic E-state index is -3.17. The van der Waals surface area contributed by atoms with Crippen LogP contribution in [0.15, 0.2) is 0 Å². The lowest BCUT2D eigenvalue weighted by molar-refractivity contribution is 0.240. The SMILES string of the molecule is CC(C)CCCNC(=O)NCCNS(C)(=O)=O. The molecule has 0 saturated heterocycles. The highest BCUT2D eigenvalue weighted by Gasteiger charge is 2.01. The Morgan fingerprint density at radius 3 is 2.24 bits per heavy atom. The predicted octanol–water partition coefficient (Wildman–Crippen LogP) is 0.271. The first kappa shape index (κ1) is 16.2. The second-order valence-electron chi connectivity index (χ2n) is 4.39. The summed E-state index contributed by atoms with van der Waals surface area (Å²) in [5.74, 6) is 0.638. The fourth-order valence-corrected chi connectivity index (χ4v) is 1.66. The zero-order valence-corrected chi connectivity index (χ0v) is 11.6. The minimum absolute atomic E-state index is 0.207. The van der Waals surface area contributed by atoms with Crippen molar-refractivity contribution in [1.82, 2.24) is 15.4 Å². The van der Waals surface area contributed by atoms with Crippen LogP contribution in [0.2, 0.25) is 0 Å². The van der Waals surface area contributed by atoms with Gasteiger partial charge < -0.3 is 10.6 Å². The van der Waals surface area contributed by atoms with Crippen LogP contribution in [0.25, 0.3) is 0 Å². The Labute approximate surface area is 104 Å². The van der Waals surface area contributed by atoms with Crippen molar-refractivity contribution in [2.75, 3.05) is 25.9 Å². The van der Waals surface area contributed by atoms with E-state index >= 15 is 0 Å². The van der Waals surface area contributed by atoms with Gasteiger partial charge in [0.2, 0.25) is 10.0 Å². The second kappa shape index (κ2) is 8.30. The van der Waals surface area contributed by atoms with E-state index in [0.717, 1.165) is 19.1 Å². The number of nitrogens with one attached hydrogen (secondary N) is 3. The molecule has 0 unspecified atom stereocenters. The van der Waals surface area contributed by atoms with E-state index in [0.29, 0.717) is 12.5 Å². The Morgan fingerprint density at radius 1 is 1.12 bits per heavy atom. The minimum Gasteiger partial charge on any atom is -0.338 e. The maximum Gasteiger partial charge on any atom is 0.314 e. The third kappa shape index (κ3) is 13.1. The molecule has 0 aromatic carbocycles. The molecule has 0 bridgehead atoms. The molecular formula is C10H23N3O3S. The van der Waals surface area contributed by atoms with Crippen molar-refractivity contribution in [1.29, 1.82) is 0 Å². The van der Waals surface area contributed by atoms with Gasteiger partial charge in [0.25, 0.3) is 0 Å². The topological polar surface area (TPSA) is 87.3 Å². The van der Waals surface area contributed by atoms with Crippen molar-refractivity contribution in [2.24, 2.45) is 5.92 Å². The van der Waals surface area contributed by atoms with Gasteiger partial charge in [-0.2, -0.15) is 0 Å². The summed E-state index contributed by atoms with van der Waals surface area (Å²) < 4.78 is 23.7. The molecule has 102 valence electrons. The molecule has 0 aromatic heterocycles. The molecule has 6 nitrogen and oxygen atoms in total. The number of carbonyl (C=O) groups is 1. The van der Waals surface area contributed by atoms with Crippen LogP contribution in [-0.2, 0) is 10.0 Å². The van der Waals surface area contributed by atoms with Gasteiger partial charge in [-0.3, -0.25) is 0 Å². The van der Waals surface area contributed by atoms with Crippen molar-refractivity contribution in [2.45, 2.75) is 26.7 Å². The number of hydrogen-bond donors (Lipinski definition) is 3. The van der Waals surface area contributed by atoms with Crippen molar-refractivity contribution < 1.29 is 13.2 Å². The molecule has 0 aliphatic carbocycles. The van der Waals surface area contributed by atoms with E-state index in [1.54, 1.807) is 0 Å². The van der Waals surface area contributed by atoms with Crippen LogP contribution in [0, 0.1) is 5.92 Å². The van der Waals surface area contributed by atoms with Gasteiger partial charge in [-0.25, -0.2) is 17.9 Å². The van der Waals surface area contributed by atoms with E-state index in [1.807, 2.05) is 0 Å². The summed E-state index contributed by atoms with van der Waals surface area (Å²) in [6.45, 7) is 5.40. The summed E-state index contributed by atoms with van der Waals surface area (Å²) >= 11 is 0. The molecular weight excluding hydrogens is 242 g/mol. The summed E-state index contributed by atoms with van der Waals surface area (Å²) in [7, 11) is -3.17. The zero-order chi connectivity index (χ0) is 13.3. The molecule has 0 aliphatic rings. The van der Waals surface area contributed by atoms with Crippen LogP contribution < -0.4 is 15.4 Å². The fraction of sp³-hybridized carbons (Fsp3) is 0.900. The highest BCUT2D eigenvalue weighted by atomic mass is 32.2. The molecule has 0 radical (unpaired) electrons. The first-order chi connectivity index (χ1) is 7.81. The lowest BCUT2D eigenvalue weighted by Crippen LogP contribution is -2.40. The van der Waals surface area contributed by atoms with Gasteiger partial charge in [0.05, 0.1) is 6.26 Å². The van der Waals surface area contributed by atoms with Gasteiger partial charge in [-0.05, 0) is 18.8 Å². The van der Waals surface area contributed by atoms with E-state index in [-0.39, 0.29) is 19.1 Å². The Kier molecular flexibility index (Phi) is 7.90. The second-order valence-corrected chi connectivity index (χ2v) is 6.22. The molecule has 17 heavy (non-hydrogen) atoms. The lowest BCUT2D eigenvalue weighted by atomic mass is 10.1. The number of urea groups is 1. The number of sulfonamides is 1. The third-order valence-corrected chi connectivity index (χ3v) is 2.75. The van der Waals surface area contributed by atoms with Gasteiger partial charge >= 0.3 is 6.03 Å². The number of hydrogen-bond acceptors (Lipinski definition) is 3. The average molecular weight is 265 g/mol. The fourth-order valence-electron chi connectivity index (χ4n) is 1.19. The van der Waals surface area contributed by atoms with Gasteiger partial charge in [-0.1, -0.05) is 13.8 Å². The quantitative estimate of drug-likeness (QED) is 0.551. The van der Waals surface area contributed by atoms with Crippen molar-refractivity contribution in [3.05, 3.63) is 0 Å². The van der Waals surface area contributed by atoms with E-state index < -0.39 is 10.0 Å². The molecule has 0 rings (SSSR count). The number of amides is 2. The van der Waals surface area contributed by atoms with E-state index in [9.17, 15) is 13.2 Å². The molecule has 0 atom stereocenters. The third-order valence-electron chi connectivity index (χ3n) is 2.02. The Balaban J connectivity index is 3.41. The average Bonchev–Trinajstić information content (AvgIpc) is 2.18. The summed E-state index contributed by atoms with van der Waals surface area (Å²) in [5, 5.41) is 5.27. The standard InChI is InChI=1S/C10H23N3O3S/c1-9(2)5-4-6-11-10(14)12-7-8-13-17(3,15)16/h9,13H,4-8H2,1-3H3,(H2,11,12,14). The zero-order valence-electron chi connectivity index (χ0n) is 10.7. The molecule has 0 spiro atoms. The van der Waals surface area contributed by atoms with E-state index in [1.165, 1.54) is 0 Å². The molecule has 3 N–H and O–H groups in total. The van der Waals surface area contributed by atoms with Crippen LogP contribution in [0.1, 0.15) is 26.7 Å².